The number of benzene rings is 1. The molecule has 1 aromatic carbocycles. The zero-order valence-corrected chi connectivity index (χ0v) is 13.6. The van der Waals surface area contributed by atoms with E-state index in [0.717, 1.165) is 6.42 Å². The van der Waals surface area contributed by atoms with E-state index in [1.807, 2.05) is 0 Å². The predicted molar refractivity (Wildman–Crippen MR) is 80.6 cm³/mol. The van der Waals surface area contributed by atoms with Gasteiger partial charge in [-0.25, -0.2) is 8.42 Å². The summed E-state index contributed by atoms with van der Waals surface area (Å²) in [7, 11) is -1.86. The van der Waals surface area contributed by atoms with Crippen molar-refractivity contribution in [1.82, 2.24) is 9.21 Å². The molecule has 2 saturated heterocycles. The van der Waals surface area contributed by atoms with Crippen LogP contribution in [0.2, 0.25) is 0 Å². The first kappa shape index (κ1) is 14.8. The van der Waals surface area contributed by atoms with Gasteiger partial charge in [-0.05, 0) is 24.5 Å². The normalized spacial score (nSPS) is 27.3. The number of sulfonamides is 1. The van der Waals surface area contributed by atoms with Gasteiger partial charge in [0.05, 0.1) is 10.8 Å². The summed E-state index contributed by atoms with van der Waals surface area (Å²) < 4.78 is 37.6. The second kappa shape index (κ2) is 5.10. The smallest absolute Gasteiger partial charge is 0.243 e. The number of amides is 1. The summed E-state index contributed by atoms with van der Waals surface area (Å²) in [4.78, 5) is 14.1. The molecule has 0 spiro atoms. The van der Waals surface area contributed by atoms with Crippen LogP contribution in [0.25, 0.3) is 0 Å². The van der Waals surface area contributed by atoms with Crippen molar-refractivity contribution in [1.29, 1.82) is 0 Å². The highest BCUT2D eigenvalue weighted by Gasteiger charge is 2.45. The Hall–Kier alpha value is -1.80. The van der Waals surface area contributed by atoms with Gasteiger partial charge in [0.1, 0.15) is 0 Å². The van der Waals surface area contributed by atoms with E-state index >= 15 is 0 Å². The summed E-state index contributed by atoms with van der Waals surface area (Å²) >= 11 is 0. The monoisotopic (exact) mass is 338 g/mol. The number of hydrogen-bond acceptors (Lipinski definition) is 5. The number of likely N-dealkylation sites (tertiary alicyclic amines) is 1. The molecule has 1 aromatic rings. The molecule has 0 radical (unpaired) electrons. The molecule has 2 atom stereocenters. The van der Waals surface area contributed by atoms with Crippen LogP contribution in [0.5, 0.6) is 11.5 Å². The van der Waals surface area contributed by atoms with Gasteiger partial charge in [-0.3, -0.25) is 4.79 Å². The highest BCUT2D eigenvalue weighted by Crippen LogP contribution is 2.38. The minimum atomic E-state index is -3.63. The first-order valence-corrected chi connectivity index (χ1v) is 9.05. The van der Waals surface area contributed by atoms with Crippen molar-refractivity contribution in [3.05, 3.63) is 18.2 Å². The molecular formula is C15H18N2O5S. The van der Waals surface area contributed by atoms with Gasteiger partial charge >= 0.3 is 0 Å². The lowest BCUT2D eigenvalue weighted by Crippen LogP contribution is -2.42. The molecule has 2 fully saturated rings. The second-order valence-corrected chi connectivity index (χ2v) is 8.19. The van der Waals surface area contributed by atoms with Gasteiger partial charge in [0.2, 0.25) is 22.7 Å². The molecule has 1 amide bonds. The molecule has 0 bridgehead atoms. The third-order valence-electron chi connectivity index (χ3n) is 4.92. The first-order valence-electron chi connectivity index (χ1n) is 7.61. The maximum absolute atomic E-state index is 12.9. The van der Waals surface area contributed by atoms with Crippen LogP contribution in [0.1, 0.15) is 6.42 Å². The van der Waals surface area contributed by atoms with Crippen LogP contribution in [0.3, 0.4) is 0 Å². The largest absolute Gasteiger partial charge is 0.454 e. The number of piperidine rings is 1. The van der Waals surface area contributed by atoms with Crippen molar-refractivity contribution in [3.63, 3.8) is 0 Å². The van der Waals surface area contributed by atoms with E-state index < -0.39 is 10.0 Å². The predicted octanol–water partition coefficient (Wildman–Crippen LogP) is 0.514. The second-order valence-electron chi connectivity index (χ2n) is 6.25. The Bertz CT molecular complexity index is 763. The number of nitrogens with zero attached hydrogens (tertiary/aromatic N) is 2. The van der Waals surface area contributed by atoms with E-state index in [2.05, 4.69) is 0 Å². The van der Waals surface area contributed by atoms with Crippen LogP contribution in [0, 0.1) is 11.8 Å². The molecule has 0 aromatic heterocycles. The Labute approximate surface area is 134 Å². The van der Waals surface area contributed by atoms with Gasteiger partial charge < -0.3 is 14.4 Å². The SMILES string of the molecule is CN1CC[C@H]2CN(S(=O)(=O)c3ccc4c(c3)OCO4)C[C@H]2C1=O. The quantitative estimate of drug-likeness (QED) is 0.785. The van der Waals surface area contributed by atoms with Crippen LogP contribution in [-0.4, -0.2) is 57.0 Å². The number of ether oxygens (including phenoxy) is 2. The summed E-state index contributed by atoms with van der Waals surface area (Å²) in [6.07, 6.45) is 0.847. The molecular weight excluding hydrogens is 320 g/mol. The molecule has 23 heavy (non-hydrogen) atoms. The summed E-state index contributed by atoms with van der Waals surface area (Å²) in [5.41, 5.74) is 0. The van der Waals surface area contributed by atoms with E-state index in [4.69, 9.17) is 9.47 Å². The molecule has 0 saturated carbocycles. The molecule has 3 heterocycles. The minimum absolute atomic E-state index is 0.0460. The lowest BCUT2D eigenvalue weighted by molar-refractivity contribution is -0.137. The highest BCUT2D eigenvalue weighted by molar-refractivity contribution is 7.89. The fraction of sp³-hybridized carbons (Fsp3) is 0.533. The van der Waals surface area contributed by atoms with Crippen molar-refractivity contribution in [2.45, 2.75) is 11.3 Å². The average molecular weight is 338 g/mol. The van der Waals surface area contributed by atoms with Gasteiger partial charge in [-0.15, -0.1) is 0 Å². The van der Waals surface area contributed by atoms with Crippen LogP contribution >= 0.6 is 0 Å². The standard InChI is InChI=1S/C15H18N2O5S/c1-16-5-4-10-7-17(8-12(10)15(16)18)23(19,20)11-2-3-13-14(6-11)22-9-21-13/h2-3,6,10,12H,4-5,7-9H2,1H3/t10-,12+/m0/s1. The lowest BCUT2D eigenvalue weighted by Gasteiger charge is -2.30. The van der Waals surface area contributed by atoms with Crippen LogP contribution in [0.15, 0.2) is 23.1 Å². The van der Waals surface area contributed by atoms with Gasteiger partial charge in [-0.2, -0.15) is 4.31 Å². The van der Waals surface area contributed by atoms with E-state index in [-0.39, 0.29) is 36.0 Å². The zero-order chi connectivity index (χ0) is 16.2. The summed E-state index contributed by atoms with van der Waals surface area (Å²) in [5.74, 6) is 0.930. The lowest BCUT2D eigenvalue weighted by atomic mass is 9.88. The number of carbonyl (C=O) groups is 1. The zero-order valence-electron chi connectivity index (χ0n) is 12.8. The maximum atomic E-state index is 12.9. The number of carbonyl (C=O) groups excluding carboxylic acids is 1. The van der Waals surface area contributed by atoms with Crippen molar-refractivity contribution >= 4 is 15.9 Å². The Morgan fingerprint density at radius 1 is 1.17 bits per heavy atom. The van der Waals surface area contributed by atoms with E-state index in [9.17, 15) is 13.2 Å². The minimum Gasteiger partial charge on any atom is -0.454 e. The van der Waals surface area contributed by atoms with Gasteiger partial charge in [0, 0.05) is 32.7 Å². The fourth-order valence-corrected chi connectivity index (χ4v) is 5.08. The van der Waals surface area contributed by atoms with E-state index in [1.54, 1.807) is 18.0 Å². The van der Waals surface area contributed by atoms with Gasteiger partial charge in [0.15, 0.2) is 11.5 Å². The first-order chi connectivity index (χ1) is 11.0. The molecule has 3 aliphatic rings. The molecule has 124 valence electrons. The van der Waals surface area contributed by atoms with Crippen molar-refractivity contribution in [3.8, 4) is 11.5 Å². The van der Waals surface area contributed by atoms with Gasteiger partial charge in [-0.1, -0.05) is 0 Å². The highest BCUT2D eigenvalue weighted by atomic mass is 32.2. The van der Waals surface area contributed by atoms with Crippen LogP contribution in [-0.2, 0) is 14.8 Å². The topological polar surface area (TPSA) is 76.2 Å². The van der Waals surface area contributed by atoms with Crippen molar-refractivity contribution in [2.75, 3.05) is 33.5 Å². The Morgan fingerprint density at radius 2 is 1.96 bits per heavy atom. The molecule has 0 aliphatic carbocycles. The van der Waals surface area contributed by atoms with Crippen LogP contribution in [0.4, 0.5) is 0 Å². The molecule has 8 heteroatoms. The Morgan fingerprint density at radius 3 is 2.78 bits per heavy atom. The maximum Gasteiger partial charge on any atom is 0.243 e. The number of rotatable bonds is 2. The van der Waals surface area contributed by atoms with Gasteiger partial charge in [0.25, 0.3) is 0 Å². The molecule has 7 nitrogen and oxygen atoms in total. The van der Waals surface area contributed by atoms with E-state index in [0.29, 0.717) is 24.6 Å². The average Bonchev–Trinajstić information content (AvgIpc) is 3.17. The third kappa shape index (κ3) is 2.28. The Kier molecular flexibility index (Phi) is 3.28. The molecule has 0 unspecified atom stereocenters. The van der Waals surface area contributed by atoms with Crippen LogP contribution < -0.4 is 9.47 Å². The van der Waals surface area contributed by atoms with E-state index in [1.165, 1.54) is 16.4 Å². The summed E-state index contributed by atoms with van der Waals surface area (Å²) in [5, 5.41) is 0. The Balaban J connectivity index is 1.61. The fourth-order valence-electron chi connectivity index (χ4n) is 3.54. The molecule has 3 aliphatic heterocycles. The summed E-state index contributed by atoms with van der Waals surface area (Å²) in [6, 6.07) is 4.63. The molecule has 0 N–H and O–H groups in total. The summed E-state index contributed by atoms with van der Waals surface area (Å²) in [6.45, 7) is 1.46. The molecule has 4 rings (SSSR count). The number of hydrogen-bond donors (Lipinski definition) is 0. The number of fused-ring (bicyclic) bond motifs is 2. The third-order valence-corrected chi connectivity index (χ3v) is 6.75. The van der Waals surface area contributed by atoms with Crippen molar-refractivity contribution < 1.29 is 22.7 Å². The van der Waals surface area contributed by atoms with Crippen molar-refractivity contribution in [2.24, 2.45) is 11.8 Å².